The molecule has 0 aliphatic rings. The Morgan fingerprint density at radius 3 is 1.96 bits per heavy atom. The predicted octanol–water partition coefficient (Wildman–Crippen LogP) is 4.89. The molecule has 0 aliphatic carbocycles. The molecular formula is C36H41F2N3O7. The molecule has 0 saturated carbocycles. The Balaban J connectivity index is 1.67. The van der Waals surface area contributed by atoms with Crippen molar-refractivity contribution in [3.8, 4) is 11.1 Å². The summed E-state index contributed by atoms with van der Waals surface area (Å²) in [5, 5.41) is 8.12. The number of amides is 3. The minimum atomic E-state index is -2.98. The molecule has 3 aromatic rings. The van der Waals surface area contributed by atoms with E-state index in [1.165, 1.54) is 32.4 Å². The second-order valence-electron chi connectivity index (χ2n) is 11.1. The molecule has 0 saturated heterocycles. The summed E-state index contributed by atoms with van der Waals surface area (Å²) >= 11 is 0. The molecule has 48 heavy (non-hydrogen) atoms. The molecule has 10 nitrogen and oxygen atoms in total. The van der Waals surface area contributed by atoms with Gasteiger partial charge in [-0.15, -0.1) is 6.58 Å². The number of ether oxygens (including phenoxy) is 3. The Kier molecular flexibility index (Phi) is 13.9. The van der Waals surface area contributed by atoms with Crippen LogP contribution in [0.1, 0.15) is 34.8 Å². The van der Waals surface area contributed by atoms with Gasteiger partial charge in [-0.2, -0.15) is 0 Å². The number of methoxy groups -OCH3 is 2. The van der Waals surface area contributed by atoms with E-state index in [0.29, 0.717) is 27.9 Å². The van der Waals surface area contributed by atoms with Gasteiger partial charge in [0.1, 0.15) is 6.61 Å². The maximum Gasteiger partial charge on any atom is 0.310 e. The van der Waals surface area contributed by atoms with Crippen LogP contribution in [0.2, 0.25) is 0 Å². The summed E-state index contributed by atoms with van der Waals surface area (Å²) in [4.78, 5) is 52.5. The summed E-state index contributed by atoms with van der Waals surface area (Å²) in [5.41, 5.74) is 0.675. The van der Waals surface area contributed by atoms with Gasteiger partial charge in [0, 0.05) is 51.0 Å². The number of carbonyl (C=O) groups excluding carboxylic acids is 4. The summed E-state index contributed by atoms with van der Waals surface area (Å²) in [6.45, 7) is 4.72. The number of rotatable bonds is 18. The van der Waals surface area contributed by atoms with Crippen LogP contribution < -0.4 is 16.0 Å². The minimum absolute atomic E-state index is 0.0879. The first-order valence-electron chi connectivity index (χ1n) is 15.2. The fraction of sp³-hybridized carbons (Fsp3) is 0.333. The second kappa shape index (κ2) is 17.8. The lowest BCUT2D eigenvalue weighted by Gasteiger charge is -2.29. The SMILES string of the molecule is C=CCC(COC(=O)Cc1ccc(NC(=O)c2ccccc2-c2ccc(C(C)(F)F)cc2)cc1)(C(=O)NCCOC)C(=O)NCCOC. The van der Waals surface area contributed by atoms with Crippen LogP contribution in [0.3, 0.4) is 0 Å². The van der Waals surface area contributed by atoms with Crippen molar-refractivity contribution in [2.45, 2.75) is 25.7 Å². The Morgan fingerprint density at radius 2 is 1.42 bits per heavy atom. The molecule has 0 radical (unpaired) electrons. The van der Waals surface area contributed by atoms with E-state index in [0.717, 1.165) is 6.92 Å². The van der Waals surface area contributed by atoms with Gasteiger partial charge in [-0.25, -0.2) is 8.78 Å². The number of nitrogens with one attached hydrogen (secondary N) is 3. The van der Waals surface area contributed by atoms with Crippen LogP contribution in [0.25, 0.3) is 11.1 Å². The number of halogens is 2. The van der Waals surface area contributed by atoms with Gasteiger partial charge in [0.25, 0.3) is 11.8 Å². The average Bonchev–Trinajstić information content (AvgIpc) is 3.07. The van der Waals surface area contributed by atoms with E-state index in [1.807, 2.05) is 0 Å². The first-order valence-corrected chi connectivity index (χ1v) is 15.2. The lowest BCUT2D eigenvalue weighted by Crippen LogP contribution is -2.55. The summed E-state index contributed by atoms with van der Waals surface area (Å²) in [5.74, 6) is -5.33. The predicted molar refractivity (Wildman–Crippen MR) is 178 cm³/mol. The van der Waals surface area contributed by atoms with Gasteiger partial charge in [-0.1, -0.05) is 60.7 Å². The van der Waals surface area contributed by atoms with Crippen molar-refractivity contribution in [1.82, 2.24) is 10.6 Å². The van der Waals surface area contributed by atoms with Gasteiger partial charge < -0.3 is 30.2 Å². The smallest absolute Gasteiger partial charge is 0.310 e. The number of esters is 1. The molecule has 0 bridgehead atoms. The molecule has 256 valence electrons. The monoisotopic (exact) mass is 665 g/mol. The van der Waals surface area contributed by atoms with Crippen LogP contribution in [-0.4, -0.2) is 70.8 Å². The Hall–Kier alpha value is -4.94. The fourth-order valence-electron chi connectivity index (χ4n) is 4.80. The zero-order valence-corrected chi connectivity index (χ0v) is 27.3. The standard InChI is InChI=1S/C36H41F2N3O7/c1-5-18-36(33(44)39-19-21-46-3,34(45)40-20-22-47-4)24-48-31(42)23-25-10-16-28(17-11-25)41-32(43)30-9-7-6-8-29(30)26-12-14-27(15-13-26)35(2,37)38/h5-17H,1,18-24H2,2-4H3,(H,39,44)(H,40,45)(H,41,43). The molecule has 3 rings (SSSR count). The molecule has 0 heterocycles. The molecule has 3 aromatic carbocycles. The quantitative estimate of drug-likeness (QED) is 0.0763. The normalized spacial score (nSPS) is 11.4. The van der Waals surface area contributed by atoms with E-state index in [9.17, 15) is 28.0 Å². The van der Waals surface area contributed by atoms with Crippen LogP contribution in [0.4, 0.5) is 14.5 Å². The number of anilines is 1. The highest BCUT2D eigenvalue weighted by molar-refractivity contribution is 6.09. The van der Waals surface area contributed by atoms with Crippen LogP contribution in [0, 0.1) is 5.41 Å². The van der Waals surface area contributed by atoms with Gasteiger partial charge in [0.05, 0.1) is 19.6 Å². The van der Waals surface area contributed by atoms with Gasteiger partial charge in [0.15, 0.2) is 5.41 Å². The minimum Gasteiger partial charge on any atom is -0.464 e. The number of carbonyl (C=O) groups is 4. The third kappa shape index (κ3) is 10.3. The number of alkyl halides is 2. The zero-order valence-electron chi connectivity index (χ0n) is 27.3. The number of hydrogen-bond acceptors (Lipinski definition) is 7. The van der Waals surface area contributed by atoms with E-state index in [-0.39, 0.29) is 44.7 Å². The van der Waals surface area contributed by atoms with Crippen molar-refractivity contribution in [3.05, 3.63) is 102 Å². The first-order chi connectivity index (χ1) is 22.9. The van der Waals surface area contributed by atoms with E-state index in [2.05, 4.69) is 22.5 Å². The fourth-order valence-corrected chi connectivity index (χ4v) is 4.80. The molecule has 3 N–H and O–H groups in total. The summed E-state index contributed by atoms with van der Waals surface area (Å²) < 4.78 is 42.8. The van der Waals surface area contributed by atoms with Crippen molar-refractivity contribution >= 4 is 29.4 Å². The van der Waals surface area contributed by atoms with Crippen LogP contribution in [0.15, 0.2) is 85.5 Å². The van der Waals surface area contributed by atoms with Crippen LogP contribution in [0.5, 0.6) is 0 Å². The van der Waals surface area contributed by atoms with Crippen molar-refractivity contribution in [1.29, 1.82) is 0 Å². The van der Waals surface area contributed by atoms with E-state index in [1.54, 1.807) is 60.7 Å². The maximum atomic E-state index is 13.7. The van der Waals surface area contributed by atoms with Crippen LogP contribution in [-0.2, 0) is 40.9 Å². The van der Waals surface area contributed by atoms with Crippen molar-refractivity contribution in [3.63, 3.8) is 0 Å². The Morgan fingerprint density at radius 1 is 0.833 bits per heavy atom. The van der Waals surface area contributed by atoms with Gasteiger partial charge in [-0.3, -0.25) is 19.2 Å². The second-order valence-corrected chi connectivity index (χ2v) is 11.1. The molecule has 12 heteroatoms. The first kappa shape index (κ1) is 37.5. The van der Waals surface area contributed by atoms with E-state index >= 15 is 0 Å². The number of hydrogen-bond donors (Lipinski definition) is 3. The van der Waals surface area contributed by atoms with Gasteiger partial charge in [-0.05, 0) is 41.3 Å². The van der Waals surface area contributed by atoms with Gasteiger partial charge >= 0.3 is 5.97 Å². The lowest BCUT2D eigenvalue weighted by molar-refractivity contribution is -0.155. The molecule has 0 aromatic heterocycles. The zero-order chi connectivity index (χ0) is 35.2. The van der Waals surface area contributed by atoms with Crippen molar-refractivity contribution < 1.29 is 42.2 Å². The number of benzene rings is 3. The highest BCUT2D eigenvalue weighted by atomic mass is 19.3. The molecule has 0 atom stereocenters. The lowest BCUT2D eigenvalue weighted by atomic mass is 9.82. The van der Waals surface area contributed by atoms with E-state index in [4.69, 9.17) is 14.2 Å². The summed E-state index contributed by atoms with van der Waals surface area (Å²) in [6.07, 6.45) is 1.16. The van der Waals surface area contributed by atoms with E-state index < -0.39 is 41.6 Å². The third-order valence-electron chi connectivity index (χ3n) is 7.46. The molecule has 0 fully saturated rings. The molecule has 0 unspecified atom stereocenters. The molecule has 0 aliphatic heterocycles. The topological polar surface area (TPSA) is 132 Å². The highest BCUT2D eigenvalue weighted by Crippen LogP contribution is 2.31. The van der Waals surface area contributed by atoms with Crippen LogP contribution >= 0.6 is 0 Å². The summed E-state index contributed by atoms with van der Waals surface area (Å²) in [7, 11) is 2.95. The molecule has 3 amide bonds. The van der Waals surface area contributed by atoms with Crippen molar-refractivity contribution in [2.75, 3.05) is 52.4 Å². The average molecular weight is 666 g/mol. The molecule has 0 spiro atoms. The maximum absolute atomic E-state index is 13.7. The Bertz CT molecular complexity index is 1530. The van der Waals surface area contributed by atoms with Crippen molar-refractivity contribution in [2.24, 2.45) is 5.41 Å². The largest absolute Gasteiger partial charge is 0.464 e. The molecular weight excluding hydrogens is 624 g/mol. The van der Waals surface area contributed by atoms with Gasteiger partial charge in [0.2, 0.25) is 11.8 Å². The Labute approximate surface area is 278 Å². The summed E-state index contributed by atoms with van der Waals surface area (Å²) in [6, 6.07) is 19.1. The third-order valence-corrected chi connectivity index (χ3v) is 7.46. The highest BCUT2D eigenvalue weighted by Gasteiger charge is 2.46. The number of allylic oxidation sites excluding steroid dienone is 1.